The van der Waals surface area contributed by atoms with Crippen molar-refractivity contribution in [3.63, 3.8) is 0 Å². The summed E-state index contributed by atoms with van der Waals surface area (Å²) in [7, 11) is 0. The van der Waals surface area contributed by atoms with Gasteiger partial charge in [0.1, 0.15) is 11.3 Å². The van der Waals surface area contributed by atoms with E-state index in [-0.39, 0.29) is 29.6 Å². The number of amides is 2. The number of ether oxygens (including phenoxy) is 3. The predicted octanol–water partition coefficient (Wildman–Crippen LogP) is 3.02. The predicted molar refractivity (Wildman–Crippen MR) is 118 cm³/mol. The SMILES string of the molecule is CCOC(=O)NC(=S)N(CCOC(C(F)F)C(F)NC(=O)OC(C)(C)C)c1cc[nH]c1C(=O)O. The molecule has 1 aromatic heterocycles. The number of anilines is 1. The maximum atomic E-state index is 14.3. The number of nitrogens with one attached hydrogen (secondary N) is 3. The van der Waals surface area contributed by atoms with Gasteiger partial charge in [-0.3, -0.25) is 10.6 Å². The van der Waals surface area contributed by atoms with Gasteiger partial charge in [-0.15, -0.1) is 0 Å². The van der Waals surface area contributed by atoms with Gasteiger partial charge in [0.25, 0.3) is 6.43 Å². The summed E-state index contributed by atoms with van der Waals surface area (Å²) < 4.78 is 55.5. The van der Waals surface area contributed by atoms with Crippen molar-refractivity contribution < 1.29 is 46.9 Å². The fourth-order valence-corrected chi connectivity index (χ4v) is 2.75. The number of hydrogen-bond acceptors (Lipinski definition) is 7. The average molecular weight is 513 g/mol. The number of thiocarbonyl (C=S) groups is 1. The third kappa shape index (κ3) is 9.43. The Labute approximate surface area is 198 Å². The molecule has 1 aromatic rings. The van der Waals surface area contributed by atoms with Crippen LogP contribution in [0.15, 0.2) is 12.3 Å². The molecule has 2 unspecified atom stereocenters. The van der Waals surface area contributed by atoms with Crippen LogP contribution in [0.25, 0.3) is 0 Å². The summed E-state index contributed by atoms with van der Waals surface area (Å²) in [5.41, 5.74) is -1.31. The van der Waals surface area contributed by atoms with Crippen molar-refractivity contribution in [2.45, 2.75) is 52.1 Å². The smallest absolute Gasteiger partial charge is 0.413 e. The number of halogens is 3. The highest BCUT2D eigenvalue weighted by molar-refractivity contribution is 7.80. The van der Waals surface area contributed by atoms with Crippen LogP contribution in [0.4, 0.5) is 28.4 Å². The van der Waals surface area contributed by atoms with Gasteiger partial charge in [-0.25, -0.2) is 27.6 Å². The maximum Gasteiger partial charge on any atom is 0.413 e. The maximum absolute atomic E-state index is 14.3. The fraction of sp³-hybridized carbons (Fsp3) is 0.579. The second-order valence-corrected chi connectivity index (χ2v) is 7.95. The van der Waals surface area contributed by atoms with Gasteiger partial charge < -0.3 is 29.2 Å². The molecule has 34 heavy (non-hydrogen) atoms. The molecular formula is C19H27F3N4O7S. The molecule has 0 radical (unpaired) electrons. The Hall–Kier alpha value is -3.07. The lowest BCUT2D eigenvalue weighted by Gasteiger charge is -2.27. The fourth-order valence-electron chi connectivity index (χ4n) is 2.48. The van der Waals surface area contributed by atoms with Crippen LogP contribution in [0.3, 0.4) is 0 Å². The number of H-pyrrole nitrogens is 1. The molecule has 0 spiro atoms. The van der Waals surface area contributed by atoms with Crippen molar-refractivity contribution in [3.8, 4) is 0 Å². The first-order valence-electron chi connectivity index (χ1n) is 9.96. The van der Waals surface area contributed by atoms with Crippen molar-refractivity contribution in [1.29, 1.82) is 0 Å². The highest BCUT2D eigenvalue weighted by Crippen LogP contribution is 2.21. The van der Waals surface area contributed by atoms with Crippen LogP contribution in [0.1, 0.15) is 38.2 Å². The van der Waals surface area contributed by atoms with Gasteiger partial charge in [0, 0.05) is 12.7 Å². The Kier molecular flexibility index (Phi) is 11.1. The molecule has 192 valence electrons. The van der Waals surface area contributed by atoms with Crippen molar-refractivity contribution >= 4 is 41.2 Å². The molecule has 15 heteroatoms. The minimum absolute atomic E-state index is 0.0184. The van der Waals surface area contributed by atoms with Crippen molar-refractivity contribution in [2.24, 2.45) is 0 Å². The number of rotatable bonds is 10. The van der Waals surface area contributed by atoms with E-state index in [2.05, 4.69) is 10.3 Å². The Morgan fingerprint density at radius 3 is 2.41 bits per heavy atom. The second-order valence-electron chi connectivity index (χ2n) is 7.56. The van der Waals surface area contributed by atoms with Gasteiger partial charge in [0.15, 0.2) is 11.2 Å². The molecule has 0 aliphatic carbocycles. The van der Waals surface area contributed by atoms with Crippen LogP contribution >= 0.6 is 12.2 Å². The quantitative estimate of drug-likeness (QED) is 0.275. The summed E-state index contributed by atoms with van der Waals surface area (Å²) in [6, 6.07) is 1.31. The van der Waals surface area contributed by atoms with Crippen LogP contribution in [-0.4, -0.2) is 77.5 Å². The summed E-state index contributed by atoms with van der Waals surface area (Å²) in [6.07, 6.45) is -9.22. The number of alkyl halides is 3. The molecule has 4 N–H and O–H groups in total. The van der Waals surface area contributed by atoms with E-state index in [9.17, 15) is 32.7 Å². The Bertz CT molecular complexity index is 863. The number of carboxylic acid groups (broad SMARTS) is 1. The third-order valence-electron chi connectivity index (χ3n) is 3.78. The standard InChI is InChI=1S/C19H27F3N4O7S/c1-5-31-17(29)25-16(34)26(10-6-7-23-11(10)15(27)28)8-9-32-12(13(20)21)14(22)24-18(30)33-19(2,3)4/h6-7,12-14,23H,5,8-9H2,1-4H3,(H,24,30)(H,27,28)(H,25,29,34). The summed E-state index contributed by atoms with van der Waals surface area (Å²) in [4.78, 5) is 38.4. The molecule has 2 amide bonds. The van der Waals surface area contributed by atoms with E-state index in [1.807, 2.05) is 0 Å². The summed E-state index contributed by atoms with van der Waals surface area (Å²) in [5.74, 6) is -1.36. The topological polar surface area (TPSA) is 142 Å². The zero-order valence-electron chi connectivity index (χ0n) is 18.9. The number of aromatic carboxylic acids is 1. The second kappa shape index (κ2) is 13.0. The molecule has 11 nitrogen and oxygen atoms in total. The molecule has 0 saturated carbocycles. The Morgan fingerprint density at radius 1 is 1.24 bits per heavy atom. The van der Waals surface area contributed by atoms with Crippen molar-refractivity contribution in [1.82, 2.24) is 15.6 Å². The van der Waals surface area contributed by atoms with Crippen molar-refractivity contribution in [2.75, 3.05) is 24.7 Å². The van der Waals surface area contributed by atoms with Gasteiger partial charge in [-0.05, 0) is 46.0 Å². The zero-order valence-corrected chi connectivity index (χ0v) is 19.7. The van der Waals surface area contributed by atoms with Crippen LogP contribution in [0.5, 0.6) is 0 Å². The summed E-state index contributed by atoms with van der Waals surface area (Å²) in [5, 5.41) is 12.9. The summed E-state index contributed by atoms with van der Waals surface area (Å²) in [6.45, 7) is 5.14. The molecule has 0 aliphatic rings. The Balaban J connectivity index is 2.93. The number of aromatic amines is 1. The van der Waals surface area contributed by atoms with Crippen molar-refractivity contribution in [3.05, 3.63) is 18.0 Å². The first-order chi connectivity index (χ1) is 15.8. The number of carbonyl (C=O) groups is 3. The normalized spacial score (nSPS) is 13.1. The van der Waals surface area contributed by atoms with Gasteiger partial charge in [0.05, 0.1) is 18.9 Å². The van der Waals surface area contributed by atoms with E-state index >= 15 is 0 Å². The van der Waals surface area contributed by atoms with Crippen LogP contribution in [0.2, 0.25) is 0 Å². The van der Waals surface area contributed by atoms with E-state index in [0.29, 0.717) is 0 Å². The number of aromatic nitrogens is 1. The number of alkyl carbamates (subject to hydrolysis) is 2. The molecular weight excluding hydrogens is 485 g/mol. The van der Waals surface area contributed by atoms with Gasteiger partial charge in [-0.1, -0.05) is 0 Å². The van der Waals surface area contributed by atoms with E-state index in [0.717, 1.165) is 4.90 Å². The zero-order chi connectivity index (χ0) is 26.1. The lowest BCUT2D eigenvalue weighted by molar-refractivity contribution is -0.0974. The highest BCUT2D eigenvalue weighted by atomic mass is 32.1. The Morgan fingerprint density at radius 2 is 1.88 bits per heavy atom. The van der Waals surface area contributed by atoms with E-state index in [1.54, 1.807) is 12.2 Å². The number of carboxylic acids is 1. The van der Waals surface area contributed by atoms with E-state index in [4.69, 9.17) is 26.4 Å². The minimum atomic E-state index is -3.33. The van der Waals surface area contributed by atoms with E-state index in [1.165, 1.54) is 33.0 Å². The molecule has 0 fully saturated rings. The van der Waals surface area contributed by atoms with Crippen LogP contribution in [-0.2, 0) is 14.2 Å². The molecule has 0 bridgehead atoms. The largest absolute Gasteiger partial charge is 0.477 e. The first-order valence-corrected chi connectivity index (χ1v) is 10.4. The molecule has 0 aliphatic heterocycles. The lowest BCUT2D eigenvalue weighted by Crippen LogP contribution is -2.48. The average Bonchev–Trinajstić information content (AvgIpc) is 3.15. The highest BCUT2D eigenvalue weighted by Gasteiger charge is 2.34. The van der Waals surface area contributed by atoms with E-state index < -0.39 is 49.2 Å². The van der Waals surface area contributed by atoms with Crippen LogP contribution < -0.4 is 15.5 Å². The molecule has 2 atom stereocenters. The molecule has 1 rings (SSSR count). The summed E-state index contributed by atoms with van der Waals surface area (Å²) >= 11 is 5.11. The molecule has 1 heterocycles. The van der Waals surface area contributed by atoms with Gasteiger partial charge in [0.2, 0.25) is 6.30 Å². The molecule has 0 aromatic carbocycles. The third-order valence-corrected chi connectivity index (χ3v) is 4.10. The number of carbonyl (C=O) groups excluding carboxylic acids is 2. The van der Waals surface area contributed by atoms with Gasteiger partial charge in [-0.2, -0.15) is 0 Å². The monoisotopic (exact) mass is 512 g/mol. The molecule has 0 saturated heterocycles. The van der Waals surface area contributed by atoms with Crippen LogP contribution in [0, 0.1) is 0 Å². The first kappa shape index (κ1) is 29.0. The number of hydrogen-bond donors (Lipinski definition) is 4. The number of nitrogens with zero attached hydrogens (tertiary/aromatic N) is 1. The minimum Gasteiger partial charge on any atom is -0.477 e. The van der Waals surface area contributed by atoms with Gasteiger partial charge >= 0.3 is 18.2 Å². The lowest BCUT2D eigenvalue weighted by atomic mass is 10.2.